The largest absolute Gasteiger partial charge is 0.480 e. The maximum Gasteiger partial charge on any atom is 0.326 e. The number of aliphatic hydroxyl groups excluding tert-OH is 3. The number of hydrogen-bond acceptors (Lipinski definition) is 10. The molecule has 0 radical (unpaired) electrons. The van der Waals surface area contributed by atoms with Gasteiger partial charge in [-0.05, 0) is 66.0 Å². The van der Waals surface area contributed by atoms with Crippen LogP contribution in [0, 0.1) is 0 Å². The lowest BCUT2D eigenvalue weighted by atomic mass is 10.1. The number of rotatable bonds is 16. The fourth-order valence-electron chi connectivity index (χ4n) is 3.88. The quantitative estimate of drug-likeness (QED) is 0.0836. The molecule has 1 rings (SSSR count). The molecule has 1 aliphatic rings. The van der Waals surface area contributed by atoms with Crippen molar-refractivity contribution in [2.45, 2.75) is 101 Å². The molecule has 0 aromatic carbocycles. The molecular formula is C23H42N6O9. The molecule has 38 heavy (non-hydrogen) atoms. The number of carbonyl (C=O) groups excluding carboxylic acids is 4. The van der Waals surface area contributed by atoms with Crippen LogP contribution in [0.1, 0.15) is 52.9 Å². The molecule has 1 aliphatic heterocycles. The second kappa shape index (κ2) is 16.2. The van der Waals surface area contributed by atoms with Crippen LogP contribution in [0.2, 0.25) is 0 Å². The average molecular weight is 547 g/mol. The SMILES string of the molecule is C[C@@H](O)[C@H](NC(=O)[C@@H]1CCCN1)C(=O)N[C@H](C(=O)N[C@H](C(=O)N[C@@H](CCCCN)C(=O)O)[C@@H](C)O)[C@@H](C)O. The lowest BCUT2D eigenvalue weighted by Gasteiger charge is -2.29. The molecule has 11 N–H and O–H groups in total. The molecule has 4 amide bonds. The van der Waals surface area contributed by atoms with Gasteiger partial charge in [-0.25, -0.2) is 4.79 Å². The van der Waals surface area contributed by atoms with Gasteiger partial charge in [0.05, 0.1) is 24.4 Å². The van der Waals surface area contributed by atoms with Gasteiger partial charge in [0.15, 0.2) is 0 Å². The highest BCUT2D eigenvalue weighted by atomic mass is 16.4. The summed E-state index contributed by atoms with van der Waals surface area (Å²) in [6.45, 7) is 4.63. The third kappa shape index (κ3) is 10.5. The monoisotopic (exact) mass is 546 g/mol. The Morgan fingerprint density at radius 2 is 1.29 bits per heavy atom. The number of hydrogen-bond donors (Lipinski definition) is 10. The molecule has 218 valence electrons. The van der Waals surface area contributed by atoms with E-state index in [4.69, 9.17) is 5.73 Å². The van der Waals surface area contributed by atoms with Crippen molar-refractivity contribution in [3.63, 3.8) is 0 Å². The number of nitrogens with two attached hydrogens (primary N) is 1. The Balaban J connectivity index is 2.92. The van der Waals surface area contributed by atoms with Gasteiger partial charge in [-0.15, -0.1) is 0 Å². The van der Waals surface area contributed by atoms with Gasteiger partial charge >= 0.3 is 5.97 Å². The summed E-state index contributed by atoms with van der Waals surface area (Å²) < 4.78 is 0. The van der Waals surface area contributed by atoms with Gasteiger partial charge in [0, 0.05) is 0 Å². The molecule has 1 saturated heterocycles. The molecule has 8 atom stereocenters. The Kier molecular flexibility index (Phi) is 14.1. The summed E-state index contributed by atoms with van der Waals surface area (Å²) in [6, 6.07) is -6.52. The van der Waals surface area contributed by atoms with E-state index in [2.05, 4.69) is 26.6 Å². The van der Waals surface area contributed by atoms with Gasteiger partial charge in [0.1, 0.15) is 24.2 Å². The first-order valence-corrected chi connectivity index (χ1v) is 12.7. The number of carbonyl (C=O) groups is 5. The predicted molar refractivity (Wildman–Crippen MR) is 134 cm³/mol. The van der Waals surface area contributed by atoms with Crippen LogP contribution in [0.5, 0.6) is 0 Å². The summed E-state index contributed by atoms with van der Waals surface area (Å²) in [7, 11) is 0. The van der Waals surface area contributed by atoms with Crippen LogP contribution in [0.4, 0.5) is 0 Å². The van der Waals surface area contributed by atoms with Crippen LogP contribution in [0.3, 0.4) is 0 Å². The van der Waals surface area contributed by atoms with Gasteiger partial charge in [0.25, 0.3) is 0 Å². The molecule has 0 aromatic rings. The van der Waals surface area contributed by atoms with E-state index in [9.17, 15) is 44.4 Å². The number of carboxylic acid groups (broad SMARTS) is 1. The number of nitrogens with one attached hydrogen (secondary N) is 5. The zero-order chi connectivity index (χ0) is 29.0. The molecule has 1 fully saturated rings. The average Bonchev–Trinajstić information content (AvgIpc) is 3.37. The normalized spacial score (nSPS) is 20.7. The molecule has 0 spiro atoms. The molecule has 0 aromatic heterocycles. The first-order chi connectivity index (χ1) is 17.8. The van der Waals surface area contributed by atoms with E-state index < -0.39 is 78.1 Å². The van der Waals surface area contributed by atoms with Crippen molar-refractivity contribution in [2.75, 3.05) is 13.1 Å². The Bertz CT molecular complexity index is 817. The van der Waals surface area contributed by atoms with E-state index >= 15 is 0 Å². The minimum atomic E-state index is -1.64. The summed E-state index contributed by atoms with van der Waals surface area (Å²) >= 11 is 0. The Labute approximate surface area is 221 Å². The third-order valence-electron chi connectivity index (χ3n) is 6.13. The molecule has 0 saturated carbocycles. The topological polar surface area (TPSA) is 252 Å². The molecular weight excluding hydrogens is 504 g/mol. The second-order valence-corrected chi connectivity index (χ2v) is 9.51. The summed E-state index contributed by atoms with van der Waals surface area (Å²) in [5.41, 5.74) is 5.41. The summed E-state index contributed by atoms with van der Waals surface area (Å²) in [5.74, 6) is -4.82. The van der Waals surface area contributed by atoms with E-state index in [0.717, 1.165) is 6.42 Å². The van der Waals surface area contributed by atoms with E-state index in [0.29, 0.717) is 32.4 Å². The van der Waals surface area contributed by atoms with Gasteiger partial charge in [0.2, 0.25) is 23.6 Å². The van der Waals surface area contributed by atoms with E-state index in [1.807, 2.05) is 0 Å². The van der Waals surface area contributed by atoms with Crippen molar-refractivity contribution in [1.29, 1.82) is 0 Å². The minimum absolute atomic E-state index is 0.0773. The van der Waals surface area contributed by atoms with E-state index in [1.54, 1.807) is 0 Å². The zero-order valence-corrected chi connectivity index (χ0v) is 22.0. The van der Waals surface area contributed by atoms with Crippen molar-refractivity contribution < 1.29 is 44.4 Å². The Morgan fingerprint density at radius 1 is 0.816 bits per heavy atom. The summed E-state index contributed by atoms with van der Waals surface area (Å²) in [5, 5.41) is 51.8. The van der Waals surface area contributed by atoms with Crippen molar-refractivity contribution in [3.05, 3.63) is 0 Å². The maximum atomic E-state index is 12.9. The van der Waals surface area contributed by atoms with Crippen LogP contribution in [-0.4, -0.2) is 112 Å². The molecule has 0 unspecified atom stereocenters. The van der Waals surface area contributed by atoms with Crippen LogP contribution in [0.15, 0.2) is 0 Å². The highest BCUT2D eigenvalue weighted by molar-refractivity contribution is 5.96. The van der Waals surface area contributed by atoms with Crippen molar-refractivity contribution in [1.82, 2.24) is 26.6 Å². The summed E-state index contributed by atoms with van der Waals surface area (Å²) in [6.07, 6.45) is -1.93. The highest BCUT2D eigenvalue weighted by Gasteiger charge is 2.36. The van der Waals surface area contributed by atoms with Crippen LogP contribution >= 0.6 is 0 Å². The number of unbranched alkanes of at least 4 members (excludes halogenated alkanes) is 1. The standard InChI is InChI=1S/C23H42N6O9/c1-11(30)16(20(34)26-15(23(37)38)7-4-5-9-24)28-22(36)18(13(3)32)29-21(35)17(12(2)31)27-19(33)14-8-6-10-25-14/h11-18,25,30-32H,4-10,24H2,1-3H3,(H,26,34)(H,27,33)(H,28,36)(H,29,35)(H,37,38)/t11-,12-,13-,14+,15+,16+,17+,18+/m1/s1. The molecule has 1 heterocycles. The smallest absolute Gasteiger partial charge is 0.326 e. The maximum absolute atomic E-state index is 12.9. The first-order valence-electron chi connectivity index (χ1n) is 12.7. The Morgan fingerprint density at radius 3 is 1.68 bits per heavy atom. The number of aliphatic hydroxyl groups is 3. The molecule has 15 heteroatoms. The molecule has 0 aliphatic carbocycles. The second-order valence-electron chi connectivity index (χ2n) is 9.51. The lowest BCUT2D eigenvalue weighted by Crippen LogP contribution is -2.63. The first kappa shape index (κ1) is 33.2. The number of carboxylic acids is 1. The fourth-order valence-corrected chi connectivity index (χ4v) is 3.88. The van der Waals surface area contributed by atoms with E-state index in [-0.39, 0.29) is 6.42 Å². The van der Waals surface area contributed by atoms with Crippen LogP contribution in [0.25, 0.3) is 0 Å². The highest BCUT2D eigenvalue weighted by Crippen LogP contribution is 2.07. The van der Waals surface area contributed by atoms with E-state index in [1.165, 1.54) is 20.8 Å². The van der Waals surface area contributed by atoms with Crippen molar-refractivity contribution >= 4 is 29.6 Å². The van der Waals surface area contributed by atoms with Gasteiger partial charge < -0.3 is 52.7 Å². The summed E-state index contributed by atoms with van der Waals surface area (Å²) in [4.78, 5) is 62.4. The van der Waals surface area contributed by atoms with Crippen LogP contribution in [-0.2, 0) is 24.0 Å². The van der Waals surface area contributed by atoms with Crippen molar-refractivity contribution in [3.8, 4) is 0 Å². The van der Waals surface area contributed by atoms with Gasteiger partial charge in [-0.2, -0.15) is 0 Å². The van der Waals surface area contributed by atoms with Gasteiger partial charge in [-0.3, -0.25) is 19.2 Å². The zero-order valence-electron chi connectivity index (χ0n) is 22.0. The minimum Gasteiger partial charge on any atom is -0.480 e. The Hall–Kier alpha value is -2.85. The molecule has 0 bridgehead atoms. The lowest BCUT2D eigenvalue weighted by molar-refractivity contribution is -0.143. The number of aliphatic carboxylic acids is 1. The number of amides is 4. The van der Waals surface area contributed by atoms with Crippen LogP contribution < -0.4 is 32.3 Å². The van der Waals surface area contributed by atoms with Crippen molar-refractivity contribution in [2.24, 2.45) is 5.73 Å². The van der Waals surface area contributed by atoms with Gasteiger partial charge in [-0.1, -0.05) is 0 Å². The predicted octanol–water partition coefficient (Wildman–Crippen LogP) is -3.97. The third-order valence-corrected chi connectivity index (χ3v) is 6.13. The fraction of sp³-hybridized carbons (Fsp3) is 0.783. The molecule has 15 nitrogen and oxygen atoms in total.